The maximum atomic E-state index is 10.3. The standard InChI is InChI=1S/C13H27NO2/c1-12(15)7-6-10-14-11-13(16)8-4-2-3-5-9-13/h12,14-16H,2-11H2,1H3. The Morgan fingerprint density at radius 3 is 2.38 bits per heavy atom. The lowest BCUT2D eigenvalue weighted by Crippen LogP contribution is -2.40. The smallest absolute Gasteiger partial charge is 0.0771 e. The Morgan fingerprint density at radius 2 is 1.81 bits per heavy atom. The van der Waals surface area contributed by atoms with Gasteiger partial charge in [-0.2, -0.15) is 0 Å². The summed E-state index contributed by atoms with van der Waals surface area (Å²) in [6.07, 6.45) is 8.35. The molecular weight excluding hydrogens is 202 g/mol. The second-order valence-electron chi connectivity index (χ2n) is 5.31. The number of hydrogen-bond acceptors (Lipinski definition) is 3. The van der Waals surface area contributed by atoms with Crippen LogP contribution in [0.5, 0.6) is 0 Å². The molecule has 0 saturated heterocycles. The number of hydrogen-bond donors (Lipinski definition) is 3. The Balaban J connectivity index is 2.10. The zero-order chi connectivity index (χ0) is 11.9. The lowest BCUT2D eigenvalue weighted by atomic mass is 9.94. The summed E-state index contributed by atoms with van der Waals surface area (Å²) in [5.74, 6) is 0. The molecule has 16 heavy (non-hydrogen) atoms. The van der Waals surface area contributed by atoms with Gasteiger partial charge in [-0.1, -0.05) is 25.7 Å². The fourth-order valence-electron chi connectivity index (χ4n) is 2.41. The molecular formula is C13H27NO2. The molecule has 0 aromatic carbocycles. The summed E-state index contributed by atoms with van der Waals surface area (Å²) < 4.78 is 0. The van der Waals surface area contributed by atoms with Gasteiger partial charge in [0.1, 0.15) is 0 Å². The highest BCUT2D eigenvalue weighted by atomic mass is 16.3. The Hall–Kier alpha value is -0.120. The third kappa shape index (κ3) is 5.83. The van der Waals surface area contributed by atoms with Crippen LogP contribution in [0.3, 0.4) is 0 Å². The van der Waals surface area contributed by atoms with Crippen molar-refractivity contribution in [3.05, 3.63) is 0 Å². The summed E-state index contributed by atoms with van der Waals surface area (Å²) >= 11 is 0. The first kappa shape index (κ1) is 13.9. The second kappa shape index (κ2) is 7.25. The number of aliphatic hydroxyl groups is 2. The average molecular weight is 229 g/mol. The Morgan fingerprint density at radius 1 is 1.19 bits per heavy atom. The SMILES string of the molecule is CC(O)CCCNCC1(O)CCCCCC1. The first-order valence-electron chi connectivity index (χ1n) is 6.74. The van der Waals surface area contributed by atoms with Crippen molar-refractivity contribution >= 4 is 0 Å². The molecule has 0 heterocycles. The molecule has 1 rings (SSSR count). The topological polar surface area (TPSA) is 52.5 Å². The lowest BCUT2D eigenvalue weighted by Gasteiger charge is -2.27. The van der Waals surface area contributed by atoms with Crippen molar-refractivity contribution in [1.29, 1.82) is 0 Å². The van der Waals surface area contributed by atoms with E-state index in [0.717, 1.165) is 45.1 Å². The Kier molecular flexibility index (Phi) is 6.32. The van der Waals surface area contributed by atoms with Crippen LogP contribution in [0.25, 0.3) is 0 Å². The molecule has 0 amide bonds. The third-order valence-corrected chi connectivity index (χ3v) is 3.46. The molecule has 1 atom stereocenters. The summed E-state index contributed by atoms with van der Waals surface area (Å²) in [6, 6.07) is 0. The Bertz CT molecular complexity index is 175. The molecule has 1 aliphatic rings. The van der Waals surface area contributed by atoms with Crippen molar-refractivity contribution in [3.63, 3.8) is 0 Å². The van der Waals surface area contributed by atoms with E-state index in [-0.39, 0.29) is 6.10 Å². The van der Waals surface area contributed by atoms with E-state index in [4.69, 9.17) is 5.11 Å². The third-order valence-electron chi connectivity index (χ3n) is 3.46. The van der Waals surface area contributed by atoms with E-state index >= 15 is 0 Å². The summed E-state index contributed by atoms with van der Waals surface area (Å²) in [5, 5.41) is 22.8. The van der Waals surface area contributed by atoms with Gasteiger partial charge in [-0.05, 0) is 39.2 Å². The first-order valence-corrected chi connectivity index (χ1v) is 6.74. The fraction of sp³-hybridized carbons (Fsp3) is 1.00. The van der Waals surface area contributed by atoms with Gasteiger partial charge in [0.25, 0.3) is 0 Å². The van der Waals surface area contributed by atoms with E-state index < -0.39 is 5.60 Å². The van der Waals surface area contributed by atoms with Crippen LogP contribution >= 0.6 is 0 Å². The number of nitrogens with one attached hydrogen (secondary N) is 1. The van der Waals surface area contributed by atoms with Crippen LogP contribution in [0.1, 0.15) is 58.3 Å². The van der Waals surface area contributed by atoms with Gasteiger partial charge in [-0.3, -0.25) is 0 Å². The van der Waals surface area contributed by atoms with Crippen molar-refractivity contribution in [2.24, 2.45) is 0 Å². The highest BCUT2D eigenvalue weighted by Crippen LogP contribution is 2.26. The minimum Gasteiger partial charge on any atom is -0.393 e. The quantitative estimate of drug-likeness (QED) is 0.481. The van der Waals surface area contributed by atoms with E-state index in [1.165, 1.54) is 12.8 Å². The molecule has 3 N–H and O–H groups in total. The zero-order valence-corrected chi connectivity index (χ0v) is 10.5. The maximum absolute atomic E-state index is 10.3. The van der Waals surface area contributed by atoms with Gasteiger partial charge in [0.15, 0.2) is 0 Å². The monoisotopic (exact) mass is 229 g/mol. The fourth-order valence-corrected chi connectivity index (χ4v) is 2.41. The van der Waals surface area contributed by atoms with Crippen LogP contribution in [0.4, 0.5) is 0 Å². The van der Waals surface area contributed by atoms with E-state index in [9.17, 15) is 5.11 Å². The van der Waals surface area contributed by atoms with Gasteiger partial charge < -0.3 is 15.5 Å². The molecule has 0 aromatic rings. The van der Waals surface area contributed by atoms with Crippen LogP contribution in [0, 0.1) is 0 Å². The van der Waals surface area contributed by atoms with Crippen molar-refractivity contribution in [3.8, 4) is 0 Å². The van der Waals surface area contributed by atoms with Gasteiger partial charge in [-0.25, -0.2) is 0 Å². The molecule has 0 aromatic heterocycles. The molecule has 0 bridgehead atoms. The number of rotatable bonds is 6. The largest absolute Gasteiger partial charge is 0.393 e. The molecule has 3 nitrogen and oxygen atoms in total. The lowest BCUT2D eigenvalue weighted by molar-refractivity contribution is 0.0253. The first-order chi connectivity index (χ1) is 7.62. The molecule has 0 radical (unpaired) electrons. The zero-order valence-electron chi connectivity index (χ0n) is 10.5. The van der Waals surface area contributed by atoms with Crippen molar-refractivity contribution in [2.75, 3.05) is 13.1 Å². The minimum absolute atomic E-state index is 0.206. The average Bonchev–Trinajstić information content (AvgIpc) is 2.43. The summed E-state index contributed by atoms with van der Waals surface area (Å²) in [4.78, 5) is 0. The molecule has 1 saturated carbocycles. The van der Waals surface area contributed by atoms with Crippen molar-refractivity contribution in [2.45, 2.75) is 70.0 Å². The van der Waals surface area contributed by atoms with Crippen LogP contribution in [0.2, 0.25) is 0 Å². The molecule has 1 unspecified atom stereocenters. The van der Waals surface area contributed by atoms with Gasteiger partial charge in [0.05, 0.1) is 11.7 Å². The van der Waals surface area contributed by atoms with Gasteiger partial charge >= 0.3 is 0 Å². The van der Waals surface area contributed by atoms with Gasteiger partial charge in [0, 0.05) is 6.54 Å². The normalized spacial score (nSPS) is 22.7. The van der Waals surface area contributed by atoms with Gasteiger partial charge in [0.2, 0.25) is 0 Å². The molecule has 1 fully saturated rings. The molecule has 3 heteroatoms. The highest BCUT2D eigenvalue weighted by Gasteiger charge is 2.26. The molecule has 0 aliphatic heterocycles. The van der Waals surface area contributed by atoms with Crippen LogP contribution < -0.4 is 5.32 Å². The number of aliphatic hydroxyl groups excluding tert-OH is 1. The van der Waals surface area contributed by atoms with Crippen LogP contribution in [0.15, 0.2) is 0 Å². The van der Waals surface area contributed by atoms with E-state index in [1.807, 2.05) is 6.92 Å². The maximum Gasteiger partial charge on any atom is 0.0771 e. The predicted molar refractivity (Wildman–Crippen MR) is 66.4 cm³/mol. The minimum atomic E-state index is -0.471. The van der Waals surface area contributed by atoms with E-state index in [2.05, 4.69) is 5.32 Å². The van der Waals surface area contributed by atoms with Crippen LogP contribution in [-0.2, 0) is 0 Å². The summed E-state index contributed by atoms with van der Waals surface area (Å²) in [6.45, 7) is 3.43. The summed E-state index contributed by atoms with van der Waals surface area (Å²) in [5.41, 5.74) is -0.471. The Labute approximate surface area is 99.3 Å². The van der Waals surface area contributed by atoms with Crippen molar-refractivity contribution < 1.29 is 10.2 Å². The molecule has 96 valence electrons. The molecule has 0 spiro atoms. The highest BCUT2D eigenvalue weighted by molar-refractivity contribution is 4.83. The van der Waals surface area contributed by atoms with Gasteiger partial charge in [-0.15, -0.1) is 0 Å². The van der Waals surface area contributed by atoms with E-state index in [0.29, 0.717) is 6.54 Å². The van der Waals surface area contributed by atoms with Crippen molar-refractivity contribution in [1.82, 2.24) is 5.32 Å². The second-order valence-corrected chi connectivity index (χ2v) is 5.31. The van der Waals surface area contributed by atoms with E-state index in [1.54, 1.807) is 0 Å². The predicted octanol–water partition coefficient (Wildman–Crippen LogP) is 1.82. The summed E-state index contributed by atoms with van der Waals surface area (Å²) in [7, 11) is 0. The van der Waals surface area contributed by atoms with Crippen LogP contribution in [-0.4, -0.2) is 35.0 Å². The molecule has 1 aliphatic carbocycles.